The molecule has 4 aromatic rings. The molecule has 5 nitrogen and oxygen atoms in total. The van der Waals surface area contributed by atoms with Gasteiger partial charge in [0.15, 0.2) is 0 Å². The van der Waals surface area contributed by atoms with Crippen molar-refractivity contribution in [2.45, 2.75) is 65.8 Å². The number of hydrogen-bond donors (Lipinski definition) is 0. The summed E-state index contributed by atoms with van der Waals surface area (Å²) in [6.07, 6.45) is 14.3. The van der Waals surface area contributed by atoms with Crippen LogP contribution >= 0.6 is 0 Å². The smallest absolute Gasteiger partial charge is 0.150 e. The molecule has 1 aliphatic rings. The lowest BCUT2D eigenvalue weighted by Crippen LogP contribution is -2.25. The van der Waals surface area contributed by atoms with Crippen molar-refractivity contribution in [3.05, 3.63) is 108 Å². The molecule has 1 atom stereocenters. The lowest BCUT2D eigenvalue weighted by atomic mass is 10.1. The van der Waals surface area contributed by atoms with E-state index in [9.17, 15) is 0 Å². The summed E-state index contributed by atoms with van der Waals surface area (Å²) in [7, 11) is 0. The molecule has 0 bridgehead atoms. The molecule has 1 aromatic heterocycles. The van der Waals surface area contributed by atoms with Gasteiger partial charge in [0.2, 0.25) is 0 Å². The van der Waals surface area contributed by atoms with Crippen LogP contribution in [-0.4, -0.2) is 42.9 Å². The summed E-state index contributed by atoms with van der Waals surface area (Å²) in [5.41, 5.74) is 7.01. The van der Waals surface area contributed by atoms with Gasteiger partial charge in [-0.1, -0.05) is 88.4 Å². The van der Waals surface area contributed by atoms with E-state index in [-0.39, 0.29) is 6.04 Å². The molecule has 45 heavy (non-hydrogen) atoms. The van der Waals surface area contributed by atoms with Crippen molar-refractivity contribution in [1.82, 2.24) is 4.98 Å². The Hall–Kier alpha value is -4.38. The average Bonchev–Trinajstić information content (AvgIpc) is 3.49. The van der Waals surface area contributed by atoms with Crippen molar-refractivity contribution in [2.75, 3.05) is 41.0 Å². The molecule has 1 unspecified atom stereocenters. The molecular formula is C40H49N5. The minimum atomic E-state index is 0.0775. The molecule has 0 aliphatic carbocycles. The van der Waals surface area contributed by atoms with Gasteiger partial charge in [-0.25, -0.2) is 9.99 Å². The van der Waals surface area contributed by atoms with Gasteiger partial charge in [-0.3, -0.25) is 0 Å². The predicted molar refractivity (Wildman–Crippen MR) is 197 cm³/mol. The SMILES string of the molecule is CCCN(CCC)c1ccc(C=CC2=NN(c3ccc4ccccc4n3)C(C=Cc3ccc(N(CCC)CCC)cc3)C2)cc1. The monoisotopic (exact) mass is 599 g/mol. The van der Waals surface area contributed by atoms with Crippen LogP contribution in [0.4, 0.5) is 17.2 Å². The van der Waals surface area contributed by atoms with E-state index in [0.717, 1.165) is 80.7 Å². The van der Waals surface area contributed by atoms with Gasteiger partial charge in [-0.2, -0.15) is 5.10 Å². The van der Waals surface area contributed by atoms with E-state index in [1.807, 2.05) is 6.07 Å². The van der Waals surface area contributed by atoms with Crippen LogP contribution in [0.25, 0.3) is 23.1 Å². The van der Waals surface area contributed by atoms with Crippen molar-refractivity contribution in [2.24, 2.45) is 5.10 Å². The number of para-hydroxylation sites is 1. The number of nitrogens with zero attached hydrogens (tertiary/aromatic N) is 5. The van der Waals surface area contributed by atoms with Crippen LogP contribution in [-0.2, 0) is 0 Å². The Morgan fingerprint density at radius 3 is 1.78 bits per heavy atom. The molecular weight excluding hydrogens is 550 g/mol. The minimum absolute atomic E-state index is 0.0775. The third-order valence-electron chi connectivity index (χ3n) is 8.26. The standard InChI is InChI=1S/C40H49N5/c1-5-27-43(28-6-2)36-21-14-32(15-22-36)13-20-35-31-38(45(42-35)40-26-19-34-11-9-10-12-39(34)41-40)25-18-33-16-23-37(24-17-33)44(29-7-3)30-8-4/h9-26,38H,5-8,27-31H2,1-4H3. The van der Waals surface area contributed by atoms with Crippen molar-refractivity contribution < 1.29 is 0 Å². The van der Waals surface area contributed by atoms with E-state index in [1.54, 1.807) is 0 Å². The fraction of sp³-hybridized carbons (Fsp3) is 0.350. The Bertz CT molecular complexity index is 1570. The number of fused-ring (bicyclic) bond motifs is 1. The largest absolute Gasteiger partial charge is 0.372 e. The first-order valence-corrected chi connectivity index (χ1v) is 16.9. The third kappa shape index (κ3) is 8.42. The van der Waals surface area contributed by atoms with Gasteiger partial charge in [0.25, 0.3) is 0 Å². The van der Waals surface area contributed by atoms with Crippen molar-refractivity contribution >= 4 is 46.0 Å². The lowest BCUT2D eigenvalue weighted by molar-refractivity contribution is 0.745. The topological polar surface area (TPSA) is 35.0 Å². The summed E-state index contributed by atoms with van der Waals surface area (Å²) >= 11 is 0. The fourth-order valence-electron chi connectivity index (χ4n) is 6.04. The van der Waals surface area contributed by atoms with Crippen LogP contribution in [0.15, 0.2) is 102 Å². The lowest BCUT2D eigenvalue weighted by Gasteiger charge is -2.23. The van der Waals surface area contributed by atoms with Crippen LogP contribution in [0.2, 0.25) is 0 Å². The van der Waals surface area contributed by atoms with Gasteiger partial charge in [0.1, 0.15) is 5.82 Å². The van der Waals surface area contributed by atoms with Gasteiger partial charge in [0.05, 0.1) is 17.3 Å². The molecule has 0 spiro atoms. The summed E-state index contributed by atoms with van der Waals surface area (Å²) in [6, 6.07) is 30.4. The normalized spacial score (nSPS) is 15.0. The Labute approximate surface area is 270 Å². The predicted octanol–water partition coefficient (Wildman–Crippen LogP) is 9.85. The van der Waals surface area contributed by atoms with Crippen LogP contribution in [0.5, 0.6) is 0 Å². The van der Waals surface area contributed by atoms with Crippen molar-refractivity contribution in [3.63, 3.8) is 0 Å². The van der Waals surface area contributed by atoms with E-state index in [2.05, 4.69) is 146 Å². The highest BCUT2D eigenvalue weighted by Gasteiger charge is 2.25. The summed E-state index contributed by atoms with van der Waals surface area (Å²) < 4.78 is 0. The third-order valence-corrected chi connectivity index (χ3v) is 8.26. The maximum Gasteiger partial charge on any atom is 0.150 e. The van der Waals surface area contributed by atoms with Crippen LogP contribution in [0.1, 0.15) is 70.9 Å². The Morgan fingerprint density at radius 2 is 1.20 bits per heavy atom. The second-order valence-corrected chi connectivity index (χ2v) is 11.9. The molecule has 2 heterocycles. The quantitative estimate of drug-likeness (QED) is 0.136. The molecule has 5 heteroatoms. The number of hydrazone groups is 1. The zero-order valence-electron chi connectivity index (χ0n) is 27.6. The van der Waals surface area contributed by atoms with E-state index >= 15 is 0 Å². The van der Waals surface area contributed by atoms with Crippen molar-refractivity contribution in [3.8, 4) is 0 Å². The van der Waals surface area contributed by atoms with E-state index in [0.29, 0.717) is 0 Å². The number of pyridine rings is 1. The highest BCUT2D eigenvalue weighted by atomic mass is 15.5. The van der Waals surface area contributed by atoms with Gasteiger partial charge in [-0.05, 0) is 85.4 Å². The first kappa shape index (κ1) is 32.0. The maximum atomic E-state index is 5.08. The average molecular weight is 600 g/mol. The highest BCUT2D eigenvalue weighted by Crippen LogP contribution is 2.28. The van der Waals surface area contributed by atoms with Gasteiger partial charge in [0, 0.05) is 49.4 Å². The van der Waals surface area contributed by atoms with Gasteiger partial charge in [-0.15, -0.1) is 0 Å². The first-order valence-electron chi connectivity index (χ1n) is 16.9. The molecule has 0 saturated heterocycles. The summed E-state index contributed by atoms with van der Waals surface area (Å²) in [5, 5.41) is 8.30. The maximum absolute atomic E-state index is 5.08. The fourth-order valence-corrected chi connectivity index (χ4v) is 6.04. The van der Waals surface area contributed by atoms with Crippen LogP contribution in [0, 0.1) is 0 Å². The molecule has 0 amide bonds. The van der Waals surface area contributed by atoms with E-state index in [1.165, 1.54) is 22.5 Å². The molecule has 5 rings (SSSR count). The molecule has 0 radical (unpaired) electrons. The van der Waals surface area contributed by atoms with Gasteiger partial charge >= 0.3 is 0 Å². The van der Waals surface area contributed by atoms with Crippen LogP contribution < -0.4 is 14.8 Å². The molecule has 1 aliphatic heterocycles. The summed E-state index contributed by atoms with van der Waals surface area (Å²) in [4.78, 5) is 9.94. The van der Waals surface area contributed by atoms with E-state index < -0.39 is 0 Å². The number of aromatic nitrogens is 1. The molecule has 0 saturated carbocycles. The number of anilines is 3. The van der Waals surface area contributed by atoms with Gasteiger partial charge < -0.3 is 9.80 Å². The highest BCUT2D eigenvalue weighted by molar-refractivity contribution is 6.01. The molecule has 3 aromatic carbocycles. The second-order valence-electron chi connectivity index (χ2n) is 11.9. The Kier molecular flexibility index (Phi) is 11.4. The zero-order valence-corrected chi connectivity index (χ0v) is 27.6. The molecule has 234 valence electrons. The molecule has 0 N–H and O–H groups in total. The van der Waals surface area contributed by atoms with Crippen LogP contribution in [0.3, 0.4) is 0 Å². The second kappa shape index (κ2) is 16.1. The summed E-state index contributed by atoms with van der Waals surface area (Å²) in [6.45, 7) is 13.3. The van der Waals surface area contributed by atoms with Crippen molar-refractivity contribution in [1.29, 1.82) is 0 Å². The summed E-state index contributed by atoms with van der Waals surface area (Å²) in [5.74, 6) is 0.869. The zero-order chi connectivity index (χ0) is 31.4. The van der Waals surface area contributed by atoms with E-state index in [4.69, 9.17) is 10.1 Å². The molecule has 0 fully saturated rings. The Morgan fingerprint density at radius 1 is 0.644 bits per heavy atom. The number of allylic oxidation sites excluding steroid dienone is 1. The number of hydrogen-bond acceptors (Lipinski definition) is 5. The Balaban J connectivity index is 1.36. The first-order chi connectivity index (χ1) is 22.1. The number of benzene rings is 3. The minimum Gasteiger partial charge on any atom is -0.372 e. The number of rotatable bonds is 15.